The maximum Gasteiger partial charge on any atom is 0.207 e. The van der Waals surface area contributed by atoms with Gasteiger partial charge in [-0.05, 0) is 55.8 Å². The first-order valence-corrected chi connectivity index (χ1v) is 11.0. The minimum Gasteiger partial charge on any atom is -0.356 e. The molecule has 1 atom stereocenters. The van der Waals surface area contributed by atoms with Crippen LogP contribution in [0.1, 0.15) is 17.5 Å². The second-order valence-corrected chi connectivity index (χ2v) is 8.63. The molecule has 168 valence electrons. The van der Waals surface area contributed by atoms with Crippen molar-refractivity contribution in [2.24, 2.45) is 5.92 Å². The lowest BCUT2D eigenvalue weighted by Crippen LogP contribution is -2.27. The van der Waals surface area contributed by atoms with Crippen molar-refractivity contribution in [1.29, 1.82) is 0 Å². The molecule has 1 fully saturated rings. The van der Waals surface area contributed by atoms with Crippen LogP contribution in [-0.2, 0) is 11.3 Å². The van der Waals surface area contributed by atoms with Gasteiger partial charge in [-0.15, -0.1) is 0 Å². The minimum absolute atomic E-state index is 0.386. The van der Waals surface area contributed by atoms with Gasteiger partial charge in [-0.2, -0.15) is 0 Å². The summed E-state index contributed by atoms with van der Waals surface area (Å²) in [6.07, 6.45) is 8.97. The van der Waals surface area contributed by atoms with Gasteiger partial charge in [-0.1, -0.05) is 43.0 Å². The summed E-state index contributed by atoms with van der Waals surface area (Å²) in [7, 11) is 4.19. The molecule has 2 aromatic rings. The van der Waals surface area contributed by atoms with E-state index < -0.39 is 0 Å². The summed E-state index contributed by atoms with van der Waals surface area (Å²) in [5.74, 6) is 2.03. The normalized spacial score (nSPS) is 16.3. The Balaban J connectivity index is 2.00. The number of hydrogen-bond donors (Lipinski definition) is 1. The average Bonchev–Trinajstić information content (AvgIpc) is 3.23. The molecule has 0 aliphatic carbocycles. The number of allylic oxidation sites excluding steroid dienone is 4. The summed E-state index contributed by atoms with van der Waals surface area (Å²) in [4.78, 5) is 24.9. The van der Waals surface area contributed by atoms with Crippen molar-refractivity contribution in [1.82, 2.24) is 20.2 Å². The summed E-state index contributed by atoms with van der Waals surface area (Å²) in [5.41, 5.74) is 3.56. The fraction of sp³-hybridized carbons (Fsp3) is 0.320. The van der Waals surface area contributed by atoms with Gasteiger partial charge >= 0.3 is 0 Å². The number of carbonyl (C=O) groups excluding carboxylic acids is 1. The molecule has 1 unspecified atom stereocenters. The van der Waals surface area contributed by atoms with Gasteiger partial charge < -0.3 is 15.1 Å². The van der Waals surface area contributed by atoms with Crippen LogP contribution in [0.15, 0.2) is 55.8 Å². The van der Waals surface area contributed by atoms with Crippen LogP contribution in [0.5, 0.6) is 0 Å². The molecule has 1 aromatic carbocycles. The van der Waals surface area contributed by atoms with Crippen molar-refractivity contribution in [3.63, 3.8) is 0 Å². The number of nitrogens with zero attached hydrogens (tertiary/aromatic N) is 4. The van der Waals surface area contributed by atoms with Crippen LogP contribution in [0.25, 0.3) is 17.0 Å². The molecular weight excluding hydrogens is 422 g/mol. The van der Waals surface area contributed by atoms with Crippen LogP contribution >= 0.6 is 11.6 Å². The van der Waals surface area contributed by atoms with Crippen LogP contribution in [0.2, 0.25) is 5.02 Å². The molecule has 1 aliphatic heterocycles. The van der Waals surface area contributed by atoms with E-state index in [0.717, 1.165) is 54.1 Å². The number of hydrogen-bond acceptors (Lipinski definition) is 5. The van der Waals surface area contributed by atoms with E-state index in [2.05, 4.69) is 47.4 Å². The zero-order valence-corrected chi connectivity index (χ0v) is 19.5. The van der Waals surface area contributed by atoms with E-state index in [1.165, 1.54) is 0 Å². The van der Waals surface area contributed by atoms with Crippen molar-refractivity contribution in [3.05, 3.63) is 71.9 Å². The summed E-state index contributed by atoms with van der Waals surface area (Å²) >= 11 is 6.43. The fourth-order valence-corrected chi connectivity index (χ4v) is 4.31. The largest absolute Gasteiger partial charge is 0.356 e. The maximum atomic E-state index is 10.9. The number of halogens is 1. The molecule has 1 amide bonds. The number of aromatic nitrogens is 2. The Labute approximate surface area is 195 Å². The highest BCUT2D eigenvalue weighted by molar-refractivity contribution is 6.31. The molecule has 1 aliphatic rings. The third kappa shape index (κ3) is 5.84. The van der Waals surface area contributed by atoms with Crippen molar-refractivity contribution in [2.75, 3.05) is 38.6 Å². The van der Waals surface area contributed by atoms with Gasteiger partial charge in [0.25, 0.3) is 0 Å². The van der Waals surface area contributed by atoms with Crippen LogP contribution in [0.4, 0.5) is 5.82 Å². The lowest BCUT2D eigenvalue weighted by molar-refractivity contribution is -0.109. The number of carbonyl (C=O) groups is 1. The first kappa shape index (κ1) is 23.7. The number of benzene rings is 1. The number of anilines is 1. The quantitative estimate of drug-likeness (QED) is 0.433. The third-order valence-electron chi connectivity index (χ3n) is 5.43. The topological polar surface area (TPSA) is 61.4 Å². The molecular formula is C25H30ClN5O. The Hall–Kier alpha value is -2.96. The maximum absolute atomic E-state index is 10.9. The van der Waals surface area contributed by atoms with Gasteiger partial charge in [-0.25, -0.2) is 9.97 Å². The van der Waals surface area contributed by atoms with Gasteiger partial charge in [0.1, 0.15) is 5.82 Å². The Bertz CT molecular complexity index is 1020. The van der Waals surface area contributed by atoms with Crippen LogP contribution < -0.4 is 10.2 Å². The molecule has 7 heteroatoms. The highest BCUT2D eigenvalue weighted by atomic mass is 35.5. The Kier molecular flexibility index (Phi) is 8.20. The monoisotopic (exact) mass is 451 g/mol. The van der Waals surface area contributed by atoms with Gasteiger partial charge in [0.15, 0.2) is 5.82 Å². The van der Waals surface area contributed by atoms with Gasteiger partial charge in [0.2, 0.25) is 6.41 Å². The molecule has 2 heterocycles. The molecule has 3 rings (SSSR count). The highest BCUT2D eigenvalue weighted by Crippen LogP contribution is 2.31. The molecule has 1 saturated heterocycles. The lowest BCUT2D eigenvalue weighted by atomic mass is 10.0. The smallest absolute Gasteiger partial charge is 0.207 e. The number of nitrogens with one attached hydrogen (secondary N) is 1. The molecule has 32 heavy (non-hydrogen) atoms. The molecule has 0 spiro atoms. The van der Waals surface area contributed by atoms with E-state index in [-0.39, 0.29) is 0 Å². The third-order valence-corrected chi connectivity index (χ3v) is 5.65. The molecule has 0 bridgehead atoms. The summed E-state index contributed by atoms with van der Waals surface area (Å²) in [6, 6.07) is 5.75. The van der Waals surface area contributed by atoms with Crippen LogP contribution in [0, 0.1) is 5.92 Å². The molecule has 1 N–H and O–H groups in total. The van der Waals surface area contributed by atoms with E-state index in [4.69, 9.17) is 16.6 Å². The first-order valence-electron chi connectivity index (χ1n) is 10.6. The van der Waals surface area contributed by atoms with E-state index in [1.807, 2.05) is 24.3 Å². The Morgan fingerprint density at radius 2 is 2.16 bits per heavy atom. The van der Waals surface area contributed by atoms with Crippen molar-refractivity contribution < 1.29 is 4.79 Å². The van der Waals surface area contributed by atoms with E-state index in [9.17, 15) is 4.79 Å². The van der Waals surface area contributed by atoms with Crippen LogP contribution in [0.3, 0.4) is 0 Å². The first-order chi connectivity index (χ1) is 15.4. The zero-order valence-electron chi connectivity index (χ0n) is 18.7. The van der Waals surface area contributed by atoms with E-state index >= 15 is 0 Å². The fourth-order valence-electron chi connectivity index (χ4n) is 4.07. The molecule has 0 saturated carbocycles. The van der Waals surface area contributed by atoms with E-state index in [1.54, 1.807) is 18.3 Å². The highest BCUT2D eigenvalue weighted by Gasteiger charge is 2.26. The standard InChI is InChI=1S/C25H30ClN5O/c1-5-7-19(6-2)20-10-21(12-23(26)11-20)24-28-14-22(13-27-17-32)25(29-24)31-9-8-18(16-31)15-30(3)4/h5-7,10-12,14,17-18H,1-2,8-9,13,15-16H2,3-4H3,(H,27,32)/b19-7+. The molecule has 1 aromatic heterocycles. The second kappa shape index (κ2) is 11.1. The molecule has 0 radical (unpaired) electrons. The van der Waals surface area contributed by atoms with Crippen molar-refractivity contribution >= 4 is 29.4 Å². The summed E-state index contributed by atoms with van der Waals surface area (Å²) < 4.78 is 0. The average molecular weight is 452 g/mol. The zero-order chi connectivity index (χ0) is 23.1. The number of rotatable bonds is 10. The van der Waals surface area contributed by atoms with Crippen molar-refractivity contribution in [2.45, 2.75) is 13.0 Å². The van der Waals surface area contributed by atoms with Crippen LogP contribution in [-0.4, -0.2) is 55.0 Å². The molecule has 6 nitrogen and oxygen atoms in total. The van der Waals surface area contributed by atoms with Crippen molar-refractivity contribution in [3.8, 4) is 11.4 Å². The Morgan fingerprint density at radius 1 is 1.34 bits per heavy atom. The predicted molar refractivity (Wildman–Crippen MR) is 133 cm³/mol. The lowest BCUT2D eigenvalue weighted by Gasteiger charge is -2.22. The van der Waals surface area contributed by atoms with Gasteiger partial charge in [0, 0.05) is 48.5 Å². The van der Waals surface area contributed by atoms with Gasteiger partial charge in [0.05, 0.1) is 0 Å². The number of amides is 1. The Morgan fingerprint density at radius 3 is 2.84 bits per heavy atom. The van der Waals surface area contributed by atoms with E-state index in [0.29, 0.717) is 29.7 Å². The summed E-state index contributed by atoms with van der Waals surface area (Å²) in [6.45, 7) is 10.9. The predicted octanol–water partition coefficient (Wildman–Crippen LogP) is 4.19. The minimum atomic E-state index is 0.386. The van der Waals surface area contributed by atoms with Gasteiger partial charge in [-0.3, -0.25) is 4.79 Å². The SMILES string of the molecule is C=C/C=C(\C=C)c1cc(Cl)cc(-c2ncc(CNC=O)c(N3CCC(CN(C)C)C3)n2)c1. The summed E-state index contributed by atoms with van der Waals surface area (Å²) in [5, 5.41) is 3.34. The second-order valence-electron chi connectivity index (χ2n) is 8.19.